The number of amides is 1. The molecule has 1 N–H and O–H groups in total. The second kappa shape index (κ2) is 8.30. The summed E-state index contributed by atoms with van der Waals surface area (Å²) in [5, 5.41) is 3.07. The molecule has 0 aliphatic carbocycles. The molecule has 3 nitrogen and oxygen atoms in total. The summed E-state index contributed by atoms with van der Waals surface area (Å²) in [6.07, 6.45) is 2.63. The monoisotopic (exact) mass is 336 g/mol. The zero-order chi connectivity index (χ0) is 17.6. The predicted molar refractivity (Wildman–Crippen MR) is 102 cm³/mol. The zero-order valence-corrected chi connectivity index (χ0v) is 15.2. The number of hydrogen-bond acceptors (Lipinski definition) is 2. The van der Waals surface area contributed by atoms with Gasteiger partial charge in [-0.05, 0) is 55.5 Å². The second-order valence-corrected chi connectivity index (χ2v) is 7.29. The average molecular weight is 336 g/mol. The summed E-state index contributed by atoms with van der Waals surface area (Å²) in [5.41, 5.74) is 3.12. The topological polar surface area (TPSA) is 32.3 Å². The van der Waals surface area contributed by atoms with Gasteiger partial charge in [-0.2, -0.15) is 0 Å². The zero-order valence-electron chi connectivity index (χ0n) is 15.2. The molecule has 132 valence electrons. The molecule has 1 heterocycles. The van der Waals surface area contributed by atoms with Gasteiger partial charge >= 0.3 is 0 Å². The van der Waals surface area contributed by atoms with Gasteiger partial charge < -0.3 is 5.32 Å². The fourth-order valence-corrected chi connectivity index (χ4v) is 3.56. The lowest BCUT2D eigenvalue weighted by Gasteiger charge is -2.30. The van der Waals surface area contributed by atoms with E-state index in [4.69, 9.17) is 0 Å². The Morgan fingerprint density at radius 3 is 2.56 bits per heavy atom. The molecule has 2 unspecified atom stereocenters. The molecule has 1 saturated heterocycles. The maximum atomic E-state index is 12.5. The van der Waals surface area contributed by atoms with Crippen molar-refractivity contribution in [1.29, 1.82) is 0 Å². The standard InChI is InChI=1S/C22H28N2O/c1-17-7-6-14-24(15-17)16-19-10-12-21(13-11-19)22(25)23-18(2)20-8-4-3-5-9-20/h3-5,8-13,17-18H,6-7,14-16H2,1-2H3,(H,23,25). The van der Waals surface area contributed by atoms with Crippen molar-refractivity contribution in [3.8, 4) is 0 Å². The normalized spacial score (nSPS) is 19.4. The van der Waals surface area contributed by atoms with E-state index in [1.807, 2.05) is 49.4 Å². The van der Waals surface area contributed by atoms with E-state index in [-0.39, 0.29) is 11.9 Å². The van der Waals surface area contributed by atoms with Gasteiger partial charge in [0, 0.05) is 18.7 Å². The van der Waals surface area contributed by atoms with Crippen molar-refractivity contribution in [3.63, 3.8) is 0 Å². The second-order valence-electron chi connectivity index (χ2n) is 7.29. The van der Waals surface area contributed by atoms with E-state index in [0.717, 1.165) is 23.6 Å². The van der Waals surface area contributed by atoms with Gasteiger partial charge in [0.1, 0.15) is 0 Å². The minimum absolute atomic E-state index is 0.00298. The summed E-state index contributed by atoms with van der Waals surface area (Å²) in [5.74, 6) is 0.771. The molecule has 3 heteroatoms. The minimum Gasteiger partial charge on any atom is -0.346 e. The number of carbonyl (C=O) groups is 1. The van der Waals surface area contributed by atoms with Crippen molar-refractivity contribution < 1.29 is 4.79 Å². The summed E-state index contributed by atoms with van der Waals surface area (Å²) in [6.45, 7) is 7.68. The Bertz CT molecular complexity index is 681. The average Bonchev–Trinajstić information content (AvgIpc) is 2.63. The first-order chi connectivity index (χ1) is 12.1. The molecule has 0 radical (unpaired) electrons. The van der Waals surface area contributed by atoms with Crippen LogP contribution in [0.25, 0.3) is 0 Å². The van der Waals surface area contributed by atoms with Crippen LogP contribution in [0.1, 0.15) is 54.2 Å². The van der Waals surface area contributed by atoms with Crippen molar-refractivity contribution in [3.05, 3.63) is 71.3 Å². The first kappa shape index (κ1) is 17.7. The molecule has 0 bridgehead atoms. The Kier molecular flexibility index (Phi) is 5.87. The molecular weight excluding hydrogens is 308 g/mol. The maximum absolute atomic E-state index is 12.5. The van der Waals surface area contributed by atoms with Gasteiger partial charge in [-0.1, -0.05) is 49.4 Å². The van der Waals surface area contributed by atoms with E-state index >= 15 is 0 Å². The van der Waals surface area contributed by atoms with Gasteiger partial charge in [-0.3, -0.25) is 9.69 Å². The van der Waals surface area contributed by atoms with Crippen molar-refractivity contribution in [2.45, 2.75) is 39.3 Å². The van der Waals surface area contributed by atoms with Crippen LogP contribution < -0.4 is 5.32 Å². The van der Waals surface area contributed by atoms with Gasteiger partial charge in [-0.25, -0.2) is 0 Å². The molecule has 2 atom stereocenters. The van der Waals surface area contributed by atoms with E-state index in [2.05, 4.69) is 29.3 Å². The van der Waals surface area contributed by atoms with Crippen LogP contribution in [-0.2, 0) is 6.54 Å². The van der Waals surface area contributed by atoms with Crippen molar-refractivity contribution in [2.75, 3.05) is 13.1 Å². The van der Waals surface area contributed by atoms with Crippen molar-refractivity contribution in [2.24, 2.45) is 5.92 Å². The highest BCUT2D eigenvalue weighted by Crippen LogP contribution is 2.18. The van der Waals surface area contributed by atoms with Crippen LogP contribution >= 0.6 is 0 Å². The van der Waals surface area contributed by atoms with Crippen molar-refractivity contribution in [1.82, 2.24) is 10.2 Å². The highest BCUT2D eigenvalue weighted by Gasteiger charge is 2.16. The molecule has 25 heavy (non-hydrogen) atoms. The molecule has 1 amide bonds. The predicted octanol–water partition coefficient (Wildman–Crippen LogP) is 4.41. The molecule has 2 aromatic rings. The summed E-state index contributed by atoms with van der Waals surface area (Å²) in [4.78, 5) is 15.0. The lowest BCUT2D eigenvalue weighted by atomic mass is 9.99. The third kappa shape index (κ3) is 4.93. The first-order valence-electron chi connectivity index (χ1n) is 9.29. The Hall–Kier alpha value is -2.13. The van der Waals surface area contributed by atoms with Gasteiger partial charge in [-0.15, -0.1) is 0 Å². The molecule has 0 aromatic heterocycles. The van der Waals surface area contributed by atoms with Crippen LogP contribution in [0.3, 0.4) is 0 Å². The number of nitrogens with one attached hydrogen (secondary N) is 1. The molecule has 0 saturated carbocycles. The number of rotatable bonds is 5. The van der Waals surface area contributed by atoms with Crippen LogP contribution in [-0.4, -0.2) is 23.9 Å². The van der Waals surface area contributed by atoms with Gasteiger partial charge in [0.2, 0.25) is 0 Å². The van der Waals surface area contributed by atoms with Crippen LogP contribution in [0.5, 0.6) is 0 Å². The molecule has 1 fully saturated rings. The number of likely N-dealkylation sites (tertiary alicyclic amines) is 1. The molecule has 2 aromatic carbocycles. The fraction of sp³-hybridized carbons (Fsp3) is 0.409. The number of benzene rings is 2. The van der Waals surface area contributed by atoms with Crippen LogP contribution in [0.4, 0.5) is 0 Å². The third-order valence-electron chi connectivity index (χ3n) is 5.01. The number of hydrogen-bond donors (Lipinski definition) is 1. The summed E-state index contributed by atoms with van der Waals surface area (Å²) >= 11 is 0. The Balaban J connectivity index is 1.57. The number of carbonyl (C=O) groups excluding carboxylic acids is 1. The van der Waals surface area contributed by atoms with Crippen molar-refractivity contribution >= 4 is 5.91 Å². The van der Waals surface area contributed by atoms with E-state index in [9.17, 15) is 4.79 Å². The lowest BCUT2D eigenvalue weighted by Crippen LogP contribution is -2.33. The number of nitrogens with zero attached hydrogens (tertiary/aromatic N) is 1. The Morgan fingerprint density at radius 2 is 1.88 bits per heavy atom. The number of piperidine rings is 1. The fourth-order valence-electron chi connectivity index (χ4n) is 3.56. The molecule has 3 rings (SSSR count). The molecule has 0 spiro atoms. The minimum atomic E-state index is -0.0190. The highest BCUT2D eigenvalue weighted by molar-refractivity contribution is 5.94. The Labute approximate surface area is 151 Å². The smallest absolute Gasteiger partial charge is 0.251 e. The Morgan fingerprint density at radius 1 is 1.16 bits per heavy atom. The molecule has 1 aliphatic heterocycles. The van der Waals surface area contributed by atoms with Gasteiger partial charge in [0.05, 0.1) is 6.04 Å². The van der Waals surface area contributed by atoms with Gasteiger partial charge in [0.15, 0.2) is 0 Å². The molecule has 1 aliphatic rings. The lowest BCUT2D eigenvalue weighted by molar-refractivity contribution is 0.0940. The van der Waals surface area contributed by atoms with Crippen LogP contribution in [0.2, 0.25) is 0 Å². The molecular formula is C22H28N2O. The summed E-state index contributed by atoms with van der Waals surface area (Å²) in [6, 6.07) is 18.1. The van der Waals surface area contributed by atoms with E-state index < -0.39 is 0 Å². The summed E-state index contributed by atoms with van der Waals surface area (Å²) in [7, 11) is 0. The van der Waals surface area contributed by atoms with Crippen LogP contribution in [0.15, 0.2) is 54.6 Å². The maximum Gasteiger partial charge on any atom is 0.251 e. The highest BCUT2D eigenvalue weighted by atomic mass is 16.1. The largest absolute Gasteiger partial charge is 0.346 e. The third-order valence-corrected chi connectivity index (χ3v) is 5.01. The van der Waals surface area contributed by atoms with Crippen LogP contribution in [0, 0.1) is 5.92 Å². The SMILES string of the molecule is CC1CCCN(Cc2ccc(C(=O)NC(C)c3ccccc3)cc2)C1. The first-order valence-corrected chi connectivity index (χ1v) is 9.29. The van der Waals surface area contributed by atoms with E-state index in [1.165, 1.54) is 31.5 Å². The van der Waals surface area contributed by atoms with Gasteiger partial charge in [0.25, 0.3) is 5.91 Å². The summed E-state index contributed by atoms with van der Waals surface area (Å²) < 4.78 is 0. The van der Waals surface area contributed by atoms with E-state index in [0.29, 0.717) is 0 Å². The van der Waals surface area contributed by atoms with E-state index in [1.54, 1.807) is 0 Å². The quantitative estimate of drug-likeness (QED) is 0.877.